The van der Waals surface area contributed by atoms with Crippen molar-refractivity contribution in [1.82, 2.24) is 4.90 Å². The highest BCUT2D eigenvalue weighted by atomic mass is 16.5. The standard InChI is InChI=1S/C15H20N2O3/c1-2-11-10-19-9-7-17(11)15(18)12-4-3-5-13-14(12)20-8-6-16-13/h3-5,11,16H,2,6-10H2,1H3. The molecule has 5 heteroatoms. The van der Waals surface area contributed by atoms with Crippen molar-refractivity contribution in [3.63, 3.8) is 0 Å². The van der Waals surface area contributed by atoms with Crippen molar-refractivity contribution in [3.05, 3.63) is 23.8 Å². The lowest BCUT2D eigenvalue weighted by Gasteiger charge is -2.35. The maximum Gasteiger partial charge on any atom is 0.258 e. The third-order valence-electron chi connectivity index (χ3n) is 3.87. The average molecular weight is 276 g/mol. The first-order valence-electron chi connectivity index (χ1n) is 7.19. The van der Waals surface area contributed by atoms with Crippen molar-refractivity contribution in [2.75, 3.05) is 38.2 Å². The van der Waals surface area contributed by atoms with E-state index < -0.39 is 0 Å². The Morgan fingerprint density at radius 2 is 2.35 bits per heavy atom. The molecule has 0 saturated carbocycles. The summed E-state index contributed by atoms with van der Waals surface area (Å²) in [4.78, 5) is 14.7. The second-order valence-corrected chi connectivity index (χ2v) is 5.09. The molecule has 0 aliphatic carbocycles. The molecule has 2 aliphatic rings. The highest BCUT2D eigenvalue weighted by molar-refractivity contribution is 5.99. The van der Waals surface area contributed by atoms with Crippen molar-refractivity contribution >= 4 is 11.6 Å². The molecule has 2 heterocycles. The number of fused-ring (bicyclic) bond motifs is 1. The van der Waals surface area contributed by atoms with Gasteiger partial charge in [-0.05, 0) is 18.6 Å². The molecule has 108 valence electrons. The number of carbonyl (C=O) groups excluding carboxylic acids is 1. The van der Waals surface area contributed by atoms with E-state index >= 15 is 0 Å². The molecule has 1 N–H and O–H groups in total. The van der Waals surface area contributed by atoms with Crippen LogP contribution in [0.2, 0.25) is 0 Å². The Hall–Kier alpha value is -1.75. The van der Waals surface area contributed by atoms with E-state index in [0.717, 1.165) is 18.7 Å². The van der Waals surface area contributed by atoms with Crippen LogP contribution in [0.5, 0.6) is 5.75 Å². The summed E-state index contributed by atoms with van der Waals surface area (Å²) in [5, 5.41) is 3.27. The van der Waals surface area contributed by atoms with E-state index in [1.165, 1.54) is 0 Å². The number of morpholine rings is 1. The summed E-state index contributed by atoms with van der Waals surface area (Å²) >= 11 is 0. The number of nitrogens with one attached hydrogen (secondary N) is 1. The molecular formula is C15H20N2O3. The number of hydrogen-bond donors (Lipinski definition) is 1. The number of benzene rings is 1. The fourth-order valence-electron chi connectivity index (χ4n) is 2.75. The Morgan fingerprint density at radius 3 is 3.20 bits per heavy atom. The van der Waals surface area contributed by atoms with Gasteiger partial charge in [0, 0.05) is 13.1 Å². The lowest BCUT2D eigenvalue weighted by Crippen LogP contribution is -2.48. The fraction of sp³-hybridized carbons (Fsp3) is 0.533. The summed E-state index contributed by atoms with van der Waals surface area (Å²) in [6.45, 7) is 5.33. The summed E-state index contributed by atoms with van der Waals surface area (Å²) in [6, 6.07) is 5.84. The SMILES string of the molecule is CCC1COCCN1C(=O)c1cccc2c1OCCN2. The number of para-hydroxylation sites is 1. The van der Waals surface area contributed by atoms with Crippen LogP contribution in [0, 0.1) is 0 Å². The number of ether oxygens (including phenoxy) is 2. The minimum Gasteiger partial charge on any atom is -0.489 e. The number of amides is 1. The van der Waals surface area contributed by atoms with E-state index in [0.29, 0.717) is 37.7 Å². The zero-order chi connectivity index (χ0) is 13.9. The number of hydrogen-bond acceptors (Lipinski definition) is 4. The molecule has 2 aliphatic heterocycles. The van der Waals surface area contributed by atoms with Crippen molar-refractivity contribution in [1.29, 1.82) is 0 Å². The lowest BCUT2D eigenvalue weighted by molar-refractivity contribution is -0.00297. The Labute approximate surface area is 118 Å². The molecule has 1 aromatic rings. The topological polar surface area (TPSA) is 50.8 Å². The predicted molar refractivity (Wildman–Crippen MR) is 76.4 cm³/mol. The van der Waals surface area contributed by atoms with Gasteiger partial charge in [-0.1, -0.05) is 13.0 Å². The van der Waals surface area contributed by atoms with Gasteiger partial charge in [0.05, 0.1) is 30.5 Å². The molecule has 5 nitrogen and oxygen atoms in total. The van der Waals surface area contributed by atoms with E-state index in [-0.39, 0.29) is 11.9 Å². The molecule has 0 aromatic heterocycles. The third kappa shape index (κ3) is 2.33. The number of nitrogens with zero attached hydrogens (tertiary/aromatic N) is 1. The minimum atomic E-state index is 0.0423. The monoisotopic (exact) mass is 276 g/mol. The molecule has 1 atom stereocenters. The average Bonchev–Trinajstić information content (AvgIpc) is 2.53. The quantitative estimate of drug-likeness (QED) is 0.894. The highest BCUT2D eigenvalue weighted by Crippen LogP contribution is 2.32. The Morgan fingerprint density at radius 1 is 1.45 bits per heavy atom. The Balaban J connectivity index is 1.90. The van der Waals surface area contributed by atoms with Crippen LogP contribution in [0.3, 0.4) is 0 Å². The molecule has 0 radical (unpaired) electrons. The van der Waals surface area contributed by atoms with Crippen LogP contribution in [-0.2, 0) is 4.74 Å². The van der Waals surface area contributed by atoms with Crippen LogP contribution < -0.4 is 10.1 Å². The van der Waals surface area contributed by atoms with Crippen LogP contribution in [0.1, 0.15) is 23.7 Å². The first-order chi connectivity index (χ1) is 9.81. The van der Waals surface area contributed by atoms with Gasteiger partial charge in [0.15, 0.2) is 5.75 Å². The molecule has 1 aromatic carbocycles. The second kappa shape index (κ2) is 5.71. The van der Waals surface area contributed by atoms with Crippen LogP contribution in [-0.4, -0.2) is 49.8 Å². The van der Waals surface area contributed by atoms with E-state index in [9.17, 15) is 4.79 Å². The van der Waals surface area contributed by atoms with Gasteiger partial charge in [-0.25, -0.2) is 0 Å². The van der Waals surface area contributed by atoms with E-state index in [4.69, 9.17) is 9.47 Å². The van der Waals surface area contributed by atoms with Crippen molar-refractivity contribution in [2.45, 2.75) is 19.4 Å². The van der Waals surface area contributed by atoms with Crippen LogP contribution in [0.15, 0.2) is 18.2 Å². The second-order valence-electron chi connectivity index (χ2n) is 5.09. The summed E-state index contributed by atoms with van der Waals surface area (Å²) in [7, 11) is 0. The summed E-state index contributed by atoms with van der Waals surface area (Å²) < 4.78 is 11.2. The molecule has 3 rings (SSSR count). The van der Waals surface area contributed by atoms with Gasteiger partial charge >= 0.3 is 0 Å². The van der Waals surface area contributed by atoms with E-state index in [1.54, 1.807) is 0 Å². The lowest BCUT2D eigenvalue weighted by atomic mass is 10.1. The van der Waals surface area contributed by atoms with E-state index in [1.807, 2.05) is 23.1 Å². The van der Waals surface area contributed by atoms with Gasteiger partial charge in [-0.15, -0.1) is 0 Å². The highest BCUT2D eigenvalue weighted by Gasteiger charge is 2.29. The largest absolute Gasteiger partial charge is 0.489 e. The molecule has 0 spiro atoms. The molecule has 1 fully saturated rings. The Bertz CT molecular complexity index is 504. The Kier molecular flexibility index (Phi) is 3.78. The first kappa shape index (κ1) is 13.2. The fourth-order valence-corrected chi connectivity index (χ4v) is 2.75. The molecule has 1 saturated heterocycles. The number of rotatable bonds is 2. The van der Waals surface area contributed by atoms with Crippen molar-refractivity contribution in [3.8, 4) is 5.75 Å². The summed E-state index contributed by atoms with van der Waals surface area (Å²) in [5.41, 5.74) is 1.55. The van der Waals surface area contributed by atoms with Gasteiger partial charge in [-0.3, -0.25) is 4.79 Å². The maximum atomic E-state index is 12.8. The number of carbonyl (C=O) groups is 1. The van der Waals surface area contributed by atoms with Gasteiger partial charge in [-0.2, -0.15) is 0 Å². The third-order valence-corrected chi connectivity index (χ3v) is 3.87. The van der Waals surface area contributed by atoms with Crippen LogP contribution in [0.4, 0.5) is 5.69 Å². The number of anilines is 1. The normalized spacial score (nSPS) is 21.6. The zero-order valence-corrected chi connectivity index (χ0v) is 11.7. The van der Waals surface area contributed by atoms with Gasteiger partial charge in [0.1, 0.15) is 6.61 Å². The van der Waals surface area contributed by atoms with Gasteiger partial charge < -0.3 is 19.7 Å². The minimum absolute atomic E-state index is 0.0423. The zero-order valence-electron chi connectivity index (χ0n) is 11.7. The van der Waals surface area contributed by atoms with E-state index in [2.05, 4.69) is 12.2 Å². The van der Waals surface area contributed by atoms with Crippen molar-refractivity contribution in [2.24, 2.45) is 0 Å². The molecule has 1 unspecified atom stereocenters. The molecule has 1 amide bonds. The molecule has 0 bridgehead atoms. The maximum absolute atomic E-state index is 12.8. The molecule has 20 heavy (non-hydrogen) atoms. The van der Waals surface area contributed by atoms with Crippen LogP contribution in [0.25, 0.3) is 0 Å². The smallest absolute Gasteiger partial charge is 0.258 e. The van der Waals surface area contributed by atoms with Gasteiger partial charge in [0.2, 0.25) is 0 Å². The van der Waals surface area contributed by atoms with Crippen molar-refractivity contribution < 1.29 is 14.3 Å². The summed E-state index contributed by atoms with van der Waals surface area (Å²) in [5.74, 6) is 0.728. The summed E-state index contributed by atoms with van der Waals surface area (Å²) in [6.07, 6.45) is 0.903. The van der Waals surface area contributed by atoms with Crippen LogP contribution >= 0.6 is 0 Å². The van der Waals surface area contributed by atoms with Gasteiger partial charge in [0.25, 0.3) is 5.91 Å². The first-order valence-corrected chi connectivity index (χ1v) is 7.19. The predicted octanol–water partition coefficient (Wildman–Crippen LogP) is 1.74. The molecular weight excluding hydrogens is 256 g/mol.